The minimum atomic E-state index is -4.68. The zero-order valence-electron chi connectivity index (χ0n) is 13.2. The Morgan fingerprint density at radius 3 is 2.35 bits per heavy atom. The second-order valence-corrected chi connectivity index (χ2v) is 6.12. The van der Waals surface area contributed by atoms with Crippen LogP contribution in [0.5, 0.6) is 5.75 Å². The first-order valence-electron chi connectivity index (χ1n) is 7.36. The fourth-order valence-corrected chi connectivity index (χ4v) is 2.43. The zero-order valence-corrected chi connectivity index (χ0v) is 13.2. The fourth-order valence-electron chi connectivity index (χ4n) is 2.43. The maximum Gasteiger partial charge on any atom is 0.573 e. The third-order valence-corrected chi connectivity index (χ3v) is 3.58. The summed E-state index contributed by atoms with van der Waals surface area (Å²) >= 11 is 0. The fraction of sp³-hybridized carbons (Fsp3) is 0.562. The highest BCUT2D eigenvalue weighted by molar-refractivity contribution is 5.77. The van der Waals surface area contributed by atoms with E-state index in [0.29, 0.717) is 12.8 Å². The summed E-state index contributed by atoms with van der Waals surface area (Å²) in [6.45, 7) is 3.43. The van der Waals surface area contributed by atoms with Crippen LogP contribution in [-0.2, 0) is 11.2 Å². The van der Waals surface area contributed by atoms with Gasteiger partial charge in [-0.25, -0.2) is 0 Å². The third-order valence-electron chi connectivity index (χ3n) is 3.58. The number of ether oxygens (including phenoxy) is 1. The molecule has 3 N–H and O–H groups in total. The summed E-state index contributed by atoms with van der Waals surface area (Å²) in [6, 6.07) is 5.76. The molecule has 7 heteroatoms. The monoisotopic (exact) mass is 333 g/mol. The molecule has 0 saturated carbocycles. The molecule has 0 saturated heterocycles. The molecule has 130 valence electrons. The number of halogens is 3. The van der Waals surface area contributed by atoms with Gasteiger partial charge in [-0.15, -0.1) is 13.2 Å². The summed E-state index contributed by atoms with van der Waals surface area (Å²) in [4.78, 5) is 11.0. The molecule has 0 bridgehead atoms. The molecule has 0 aliphatic rings. The van der Waals surface area contributed by atoms with Crippen LogP contribution in [-0.4, -0.2) is 23.0 Å². The smallest absolute Gasteiger partial charge is 0.480 e. The predicted octanol–water partition coefficient (Wildman–Crippen LogP) is 3.74. The van der Waals surface area contributed by atoms with E-state index in [-0.39, 0.29) is 11.7 Å². The predicted molar refractivity (Wildman–Crippen MR) is 80.1 cm³/mol. The SMILES string of the molecule is CC(CCCc1ccc(OC(F)(F)F)cc1)CC(C)(N)C(=O)O. The van der Waals surface area contributed by atoms with Gasteiger partial charge in [-0.05, 0) is 49.8 Å². The van der Waals surface area contributed by atoms with Gasteiger partial charge in [-0.3, -0.25) is 4.79 Å². The number of carboxylic acids is 1. The first-order chi connectivity index (χ1) is 10.5. The maximum absolute atomic E-state index is 12.1. The Morgan fingerprint density at radius 1 is 1.30 bits per heavy atom. The van der Waals surface area contributed by atoms with Gasteiger partial charge in [0.1, 0.15) is 11.3 Å². The number of carboxylic acid groups (broad SMARTS) is 1. The molecule has 1 aromatic carbocycles. The molecule has 0 amide bonds. The molecule has 1 rings (SSSR count). The van der Waals surface area contributed by atoms with Crippen molar-refractivity contribution in [3.63, 3.8) is 0 Å². The molecule has 1 aromatic rings. The maximum atomic E-state index is 12.1. The largest absolute Gasteiger partial charge is 0.573 e. The van der Waals surface area contributed by atoms with Gasteiger partial charge >= 0.3 is 12.3 Å². The van der Waals surface area contributed by atoms with Gasteiger partial charge in [0.2, 0.25) is 0 Å². The van der Waals surface area contributed by atoms with Gasteiger partial charge in [0, 0.05) is 0 Å². The Hall–Kier alpha value is -1.76. The molecule has 2 atom stereocenters. The number of aryl methyl sites for hydroxylation is 1. The van der Waals surface area contributed by atoms with E-state index < -0.39 is 17.9 Å². The normalized spacial score (nSPS) is 15.7. The molecular formula is C16H22F3NO3. The molecule has 0 heterocycles. The van der Waals surface area contributed by atoms with Crippen LogP contribution >= 0.6 is 0 Å². The Balaban J connectivity index is 2.40. The Kier molecular flexibility index (Phi) is 6.44. The number of aliphatic carboxylic acids is 1. The lowest BCUT2D eigenvalue weighted by molar-refractivity contribution is -0.274. The lowest BCUT2D eigenvalue weighted by Crippen LogP contribution is -2.46. The van der Waals surface area contributed by atoms with Crippen molar-refractivity contribution in [1.29, 1.82) is 0 Å². The number of rotatable bonds is 8. The molecule has 0 radical (unpaired) electrons. The van der Waals surface area contributed by atoms with Gasteiger partial charge < -0.3 is 15.6 Å². The van der Waals surface area contributed by atoms with E-state index in [2.05, 4.69) is 4.74 Å². The number of hydrogen-bond donors (Lipinski definition) is 2. The molecule has 23 heavy (non-hydrogen) atoms. The second kappa shape index (κ2) is 7.68. The topological polar surface area (TPSA) is 72.5 Å². The minimum Gasteiger partial charge on any atom is -0.480 e. The van der Waals surface area contributed by atoms with E-state index in [1.54, 1.807) is 12.1 Å². The van der Waals surface area contributed by atoms with E-state index in [9.17, 15) is 18.0 Å². The van der Waals surface area contributed by atoms with Crippen LogP contribution < -0.4 is 10.5 Å². The van der Waals surface area contributed by atoms with Gasteiger partial charge in [0.25, 0.3) is 0 Å². The van der Waals surface area contributed by atoms with Crippen LogP contribution in [0.3, 0.4) is 0 Å². The first-order valence-corrected chi connectivity index (χ1v) is 7.36. The average molecular weight is 333 g/mol. The second-order valence-electron chi connectivity index (χ2n) is 6.12. The molecule has 0 aliphatic carbocycles. The molecular weight excluding hydrogens is 311 g/mol. The van der Waals surface area contributed by atoms with Crippen molar-refractivity contribution in [2.45, 2.75) is 51.4 Å². The highest BCUT2D eigenvalue weighted by atomic mass is 19.4. The van der Waals surface area contributed by atoms with Crippen molar-refractivity contribution >= 4 is 5.97 Å². The number of benzene rings is 1. The van der Waals surface area contributed by atoms with E-state index >= 15 is 0 Å². The van der Waals surface area contributed by atoms with Crippen molar-refractivity contribution in [3.05, 3.63) is 29.8 Å². The number of hydrogen-bond acceptors (Lipinski definition) is 3. The van der Waals surface area contributed by atoms with Gasteiger partial charge in [0.15, 0.2) is 0 Å². The van der Waals surface area contributed by atoms with E-state index in [0.717, 1.165) is 18.4 Å². The zero-order chi connectivity index (χ0) is 17.7. The lowest BCUT2D eigenvalue weighted by Gasteiger charge is -2.23. The Morgan fingerprint density at radius 2 is 1.87 bits per heavy atom. The number of carbonyl (C=O) groups is 1. The average Bonchev–Trinajstić information content (AvgIpc) is 2.38. The summed E-state index contributed by atoms with van der Waals surface area (Å²) in [5.41, 5.74) is 5.37. The van der Waals surface area contributed by atoms with Crippen LogP contribution in [0.4, 0.5) is 13.2 Å². The van der Waals surface area contributed by atoms with Crippen molar-refractivity contribution in [2.75, 3.05) is 0 Å². The minimum absolute atomic E-state index is 0.147. The van der Waals surface area contributed by atoms with Crippen LogP contribution in [0, 0.1) is 5.92 Å². The highest BCUT2D eigenvalue weighted by Gasteiger charge is 2.31. The van der Waals surface area contributed by atoms with Crippen LogP contribution in [0.2, 0.25) is 0 Å². The third kappa shape index (κ3) is 7.36. The Bertz CT molecular complexity index is 512. The van der Waals surface area contributed by atoms with E-state index in [4.69, 9.17) is 10.8 Å². The van der Waals surface area contributed by atoms with E-state index in [1.807, 2.05) is 6.92 Å². The number of nitrogens with two attached hydrogens (primary N) is 1. The summed E-state index contributed by atoms with van der Waals surface area (Å²) in [6.07, 6.45) is -2.02. The first kappa shape index (κ1) is 19.3. The quantitative estimate of drug-likeness (QED) is 0.760. The summed E-state index contributed by atoms with van der Waals surface area (Å²) < 4.78 is 40.0. The molecule has 0 aliphatic heterocycles. The van der Waals surface area contributed by atoms with Crippen molar-refractivity contribution in [3.8, 4) is 5.75 Å². The highest BCUT2D eigenvalue weighted by Crippen LogP contribution is 2.24. The summed E-state index contributed by atoms with van der Waals surface area (Å²) in [7, 11) is 0. The molecule has 2 unspecified atom stereocenters. The molecule has 0 aromatic heterocycles. The molecule has 0 spiro atoms. The van der Waals surface area contributed by atoms with Gasteiger partial charge in [0.05, 0.1) is 0 Å². The van der Waals surface area contributed by atoms with Crippen molar-refractivity contribution in [2.24, 2.45) is 11.7 Å². The van der Waals surface area contributed by atoms with Gasteiger partial charge in [-0.2, -0.15) is 0 Å². The molecule has 0 fully saturated rings. The standard InChI is InChI=1S/C16H22F3NO3/c1-11(10-15(2,20)14(21)22)4-3-5-12-6-8-13(9-7-12)23-16(17,18)19/h6-9,11H,3-5,10,20H2,1-2H3,(H,21,22). The summed E-state index contributed by atoms with van der Waals surface area (Å²) in [5, 5.41) is 8.98. The van der Waals surface area contributed by atoms with Crippen LogP contribution in [0.1, 0.15) is 38.7 Å². The molecule has 4 nitrogen and oxygen atoms in total. The van der Waals surface area contributed by atoms with E-state index in [1.165, 1.54) is 19.1 Å². The van der Waals surface area contributed by atoms with Crippen molar-refractivity contribution in [1.82, 2.24) is 0 Å². The van der Waals surface area contributed by atoms with Gasteiger partial charge in [-0.1, -0.05) is 25.5 Å². The number of alkyl halides is 3. The van der Waals surface area contributed by atoms with Crippen molar-refractivity contribution < 1.29 is 27.8 Å². The Labute approximate surface area is 133 Å². The van der Waals surface area contributed by atoms with Crippen LogP contribution in [0.25, 0.3) is 0 Å². The summed E-state index contributed by atoms with van der Waals surface area (Å²) in [5.74, 6) is -1.12. The lowest BCUT2D eigenvalue weighted by atomic mass is 9.87. The van der Waals surface area contributed by atoms with Crippen LogP contribution in [0.15, 0.2) is 24.3 Å².